The number of hydrogen-bond acceptors (Lipinski definition) is 4. The van der Waals surface area contributed by atoms with Gasteiger partial charge in [0.25, 0.3) is 0 Å². The van der Waals surface area contributed by atoms with Crippen molar-refractivity contribution in [1.82, 2.24) is 0 Å². The zero-order valence-electron chi connectivity index (χ0n) is 10.3. The minimum absolute atomic E-state index is 0.00566. The van der Waals surface area contributed by atoms with Crippen LogP contribution >= 0.6 is 0 Å². The zero-order chi connectivity index (χ0) is 14.4. The molecule has 1 aromatic rings. The van der Waals surface area contributed by atoms with Crippen LogP contribution in [-0.2, 0) is 4.79 Å². The smallest absolute Gasteiger partial charge is 0.220 e. The Kier molecular flexibility index (Phi) is 4.91. The number of benzene rings is 1. The third-order valence-electron chi connectivity index (χ3n) is 2.55. The molecule has 0 fully saturated rings. The van der Waals surface area contributed by atoms with Gasteiger partial charge in [0.2, 0.25) is 12.0 Å². The van der Waals surface area contributed by atoms with Crippen LogP contribution < -0.4 is 0 Å². The van der Waals surface area contributed by atoms with Crippen molar-refractivity contribution in [2.45, 2.75) is 25.9 Å². The maximum absolute atomic E-state index is 13.6. The van der Waals surface area contributed by atoms with Gasteiger partial charge < -0.3 is 0 Å². The van der Waals surface area contributed by atoms with Gasteiger partial charge >= 0.3 is 0 Å². The van der Waals surface area contributed by atoms with Crippen molar-refractivity contribution in [3.8, 4) is 12.1 Å². The van der Waals surface area contributed by atoms with Crippen molar-refractivity contribution >= 4 is 11.6 Å². The molecule has 0 bridgehead atoms. The van der Waals surface area contributed by atoms with Crippen LogP contribution in [0.3, 0.4) is 0 Å². The van der Waals surface area contributed by atoms with Crippen LogP contribution in [0.4, 0.5) is 4.39 Å². The summed E-state index contributed by atoms with van der Waals surface area (Å²) >= 11 is 0. The van der Waals surface area contributed by atoms with Gasteiger partial charge in [-0.2, -0.15) is 10.5 Å². The van der Waals surface area contributed by atoms with Crippen molar-refractivity contribution in [2.75, 3.05) is 0 Å². The summed E-state index contributed by atoms with van der Waals surface area (Å²) in [7, 11) is 0. The lowest BCUT2D eigenvalue weighted by atomic mass is 9.98. The molecule has 19 heavy (non-hydrogen) atoms. The molecular formula is C14H11FN2O2. The fraction of sp³-hybridized carbons (Fsp3) is 0.286. The van der Waals surface area contributed by atoms with E-state index in [0.717, 1.165) is 6.07 Å². The maximum Gasteiger partial charge on any atom is 0.220 e. The van der Waals surface area contributed by atoms with Crippen LogP contribution in [0, 0.1) is 22.7 Å². The van der Waals surface area contributed by atoms with Gasteiger partial charge in [-0.15, -0.1) is 0 Å². The zero-order valence-corrected chi connectivity index (χ0v) is 10.3. The van der Waals surface area contributed by atoms with Gasteiger partial charge in [0.15, 0.2) is 5.78 Å². The number of nitrogens with zero attached hydrogens (tertiary/aromatic N) is 2. The van der Waals surface area contributed by atoms with Gasteiger partial charge in [-0.25, -0.2) is 4.39 Å². The average Bonchev–Trinajstić information content (AvgIpc) is 2.45. The first-order valence-electron chi connectivity index (χ1n) is 5.70. The Morgan fingerprint density at radius 1 is 1.26 bits per heavy atom. The Morgan fingerprint density at radius 3 is 2.42 bits per heavy atom. The average molecular weight is 258 g/mol. The monoisotopic (exact) mass is 258 g/mol. The summed E-state index contributed by atoms with van der Waals surface area (Å²) in [5.74, 6) is -1.74. The van der Waals surface area contributed by atoms with Crippen LogP contribution in [0.2, 0.25) is 0 Å². The van der Waals surface area contributed by atoms with E-state index in [1.807, 2.05) is 0 Å². The highest BCUT2D eigenvalue weighted by molar-refractivity contribution is 6.13. The van der Waals surface area contributed by atoms with E-state index < -0.39 is 17.7 Å². The normalized spacial score (nSPS) is 11.2. The molecule has 0 aliphatic carbocycles. The summed E-state index contributed by atoms with van der Waals surface area (Å²) in [4.78, 5) is 23.1. The highest BCUT2D eigenvalue weighted by Crippen LogP contribution is 2.14. The Bertz CT molecular complexity index is 596. The first-order valence-corrected chi connectivity index (χ1v) is 5.70. The number of rotatable bonds is 5. The third-order valence-corrected chi connectivity index (χ3v) is 2.55. The minimum Gasteiger partial charge on any atom is -0.296 e. The van der Waals surface area contributed by atoms with Crippen LogP contribution in [0.15, 0.2) is 18.2 Å². The third kappa shape index (κ3) is 3.23. The highest BCUT2D eigenvalue weighted by atomic mass is 19.1. The van der Waals surface area contributed by atoms with Crippen molar-refractivity contribution in [3.05, 3.63) is 34.9 Å². The van der Waals surface area contributed by atoms with Crippen molar-refractivity contribution in [2.24, 2.45) is 0 Å². The van der Waals surface area contributed by atoms with E-state index in [4.69, 9.17) is 10.5 Å². The van der Waals surface area contributed by atoms with E-state index >= 15 is 0 Å². The molecule has 4 nitrogen and oxygen atoms in total. The minimum atomic E-state index is -2.21. The van der Waals surface area contributed by atoms with E-state index in [1.165, 1.54) is 12.1 Å². The molecule has 0 N–H and O–H groups in total. The van der Waals surface area contributed by atoms with Gasteiger partial charge in [-0.3, -0.25) is 9.59 Å². The molecule has 1 rings (SSSR count). The summed E-state index contributed by atoms with van der Waals surface area (Å²) in [5, 5.41) is 17.5. The standard InChI is InChI=1S/C14H11FN2O2/c1-2-3-12(18)13(15)14(19)9-4-5-10(7-16)11(6-9)8-17/h4-6,13H,2-3H2,1H3. The second-order valence-corrected chi connectivity index (χ2v) is 3.93. The molecule has 0 saturated carbocycles. The van der Waals surface area contributed by atoms with Crippen molar-refractivity contribution in [3.63, 3.8) is 0 Å². The quantitative estimate of drug-likeness (QED) is 0.599. The molecule has 1 unspecified atom stereocenters. The fourth-order valence-corrected chi connectivity index (χ4v) is 1.55. The Hall–Kier alpha value is -2.53. The topological polar surface area (TPSA) is 81.7 Å². The second kappa shape index (κ2) is 6.42. The number of nitriles is 2. The maximum atomic E-state index is 13.6. The SMILES string of the molecule is CCCC(=O)C(F)C(=O)c1ccc(C#N)c(C#N)c1. The first kappa shape index (κ1) is 14.5. The molecule has 0 aliphatic rings. The molecule has 1 aromatic carbocycles. The van der Waals surface area contributed by atoms with Crippen LogP contribution in [0.25, 0.3) is 0 Å². The number of halogens is 1. The van der Waals surface area contributed by atoms with Gasteiger partial charge in [0, 0.05) is 12.0 Å². The van der Waals surface area contributed by atoms with E-state index in [9.17, 15) is 14.0 Å². The van der Waals surface area contributed by atoms with Crippen molar-refractivity contribution < 1.29 is 14.0 Å². The van der Waals surface area contributed by atoms with Gasteiger partial charge in [-0.1, -0.05) is 6.92 Å². The van der Waals surface area contributed by atoms with Gasteiger partial charge in [0.1, 0.15) is 12.1 Å². The molecule has 0 radical (unpaired) electrons. The fourth-order valence-electron chi connectivity index (χ4n) is 1.55. The summed E-state index contributed by atoms with van der Waals surface area (Å²) in [6.45, 7) is 1.71. The van der Waals surface area contributed by atoms with Crippen molar-refractivity contribution in [1.29, 1.82) is 10.5 Å². The Labute approximate surface area is 110 Å². The predicted molar refractivity (Wildman–Crippen MR) is 65.0 cm³/mol. The van der Waals surface area contributed by atoms with E-state index in [0.29, 0.717) is 6.42 Å². The predicted octanol–water partition coefficient (Wildman–Crippen LogP) is 2.32. The van der Waals surface area contributed by atoms with E-state index in [-0.39, 0.29) is 23.1 Å². The second-order valence-electron chi connectivity index (χ2n) is 3.93. The summed E-state index contributed by atoms with van der Waals surface area (Å²) in [6, 6.07) is 7.19. The molecule has 0 amide bonds. The number of alkyl halides is 1. The summed E-state index contributed by atoms with van der Waals surface area (Å²) in [6.07, 6.45) is -1.75. The first-order chi connectivity index (χ1) is 9.04. The van der Waals surface area contributed by atoms with E-state index in [2.05, 4.69) is 0 Å². The Morgan fingerprint density at radius 2 is 1.89 bits per heavy atom. The molecular weight excluding hydrogens is 247 g/mol. The molecule has 0 aromatic heterocycles. The molecule has 5 heteroatoms. The molecule has 0 aliphatic heterocycles. The number of ketones is 2. The lowest BCUT2D eigenvalue weighted by Crippen LogP contribution is -2.25. The molecule has 0 spiro atoms. The largest absolute Gasteiger partial charge is 0.296 e. The lowest BCUT2D eigenvalue weighted by molar-refractivity contribution is -0.122. The van der Waals surface area contributed by atoms with Crippen LogP contribution in [0.5, 0.6) is 0 Å². The lowest BCUT2D eigenvalue weighted by Gasteiger charge is -2.06. The summed E-state index contributed by atoms with van der Waals surface area (Å²) < 4.78 is 13.6. The van der Waals surface area contributed by atoms with Crippen LogP contribution in [0.1, 0.15) is 41.3 Å². The summed E-state index contributed by atoms with van der Waals surface area (Å²) in [5.41, 5.74) is 0.0188. The van der Waals surface area contributed by atoms with Crippen LogP contribution in [-0.4, -0.2) is 17.7 Å². The van der Waals surface area contributed by atoms with Gasteiger partial charge in [-0.05, 0) is 24.6 Å². The molecule has 1 atom stereocenters. The molecule has 0 saturated heterocycles. The molecule has 0 heterocycles. The number of Topliss-reactive ketones (excluding diaryl/α,β-unsaturated/α-hetero) is 2. The Balaban J connectivity index is 3.05. The van der Waals surface area contributed by atoms with Gasteiger partial charge in [0.05, 0.1) is 11.1 Å². The number of carbonyl (C=O) groups excluding carboxylic acids is 2. The van der Waals surface area contributed by atoms with E-state index in [1.54, 1.807) is 19.1 Å². The highest BCUT2D eigenvalue weighted by Gasteiger charge is 2.26. The number of carbonyl (C=O) groups is 2. The molecule has 96 valence electrons. The number of hydrogen-bond donors (Lipinski definition) is 0.